The third-order valence-electron chi connectivity index (χ3n) is 2.80. The molecule has 0 saturated heterocycles. The van der Waals surface area contributed by atoms with Crippen LogP contribution in [0, 0.1) is 6.92 Å². The van der Waals surface area contributed by atoms with E-state index in [1.54, 1.807) is 19.1 Å². The molecule has 2 aromatic rings. The lowest BCUT2D eigenvalue weighted by molar-refractivity contribution is -0.137. The van der Waals surface area contributed by atoms with Gasteiger partial charge in [-0.3, -0.25) is 4.79 Å². The number of nitrogens with one attached hydrogen (secondary N) is 1. The van der Waals surface area contributed by atoms with Crippen LogP contribution in [0.2, 0.25) is 0 Å². The van der Waals surface area contributed by atoms with E-state index >= 15 is 0 Å². The van der Waals surface area contributed by atoms with Gasteiger partial charge in [-0.15, -0.1) is 0 Å². The summed E-state index contributed by atoms with van der Waals surface area (Å²) in [6.45, 7) is 3.73. The van der Waals surface area contributed by atoms with E-state index in [2.05, 4.69) is 4.98 Å². The number of hydrogen-bond acceptors (Lipinski definition) is 4. The number of ketones is 1. The van der Waals surface area contributed by atoms with Gasteiger partial charge in [-0.05, 0) is 32.0 Å². The second-order valence-electron chi connectivity index (χ2n) is 4.11. The van der Waals surface area contributed by atoms with Crippen LogP contribution in [0.4, 0.5) is 0 Å². The molecule has 0 spiro atoms. The van der Waals surface area contributed by atoms with Gasteiger partial charge in [0.15, 0.2) is 0 Å². The number of benzene rings is 1. The first kappa shape index (κ1) is 13.1. The minimum atomic E-state index is -0.868. The molecule has 5 heteroatoms. The zero-order chi connectivity index (χ0) is 14.0. The van der Waals surface area contributed by atoms with Gasteiger partial charge in [-0.1, -0.05) is 0 Å². The van der Waals surface area contributed by atoms with Crippen LogP contribution in [-0.4, -0.2) is 30.5 Å². The highest BCUT2D eigenvalue weighted by Gasteiger charge is 2.23. The zero-order valence-electron chi connectivity index (χ0n) is 11.1. The number of aromatic nitrogens is 1. The van der Waals surface area contributed by atoms with Crippen molar-refractivity contribution in [2.45, 2.75) is 13.8 Å². The number of H-pyrrole nitrogens is 1. The van der Waals surface area contributed by atoms with Gasteiger partial charge in [0.1, 0.15) is 5.75 Å². The number of fused-ring (bicyclic) bond motifs is 1. The van der Waals surface area contributed by atoms with Gasteiger partial charge in [0, 0.05) is 16.6 Å². The number of aryl methyl sites for hydroxylation is 1. The topological polar surface area (TPSA) is 68.4 Å². The molecule has 1 aromatic heterocycles. The smallest absolute Gasteiger partial charge is 0.379 e. The largest absolute Gasteiger partial charge is 0.495 e. The molecule has 0 aliphatic carbocycles. The van der Waals surface area contributed by atoms with Crippen molar-refractivity contribution in [3.8, 4) is 5.75 Å². The van der Waals surface area contributed by atoms with Crippen LogP contribution in [0.25, 0.3) is 10.9 Å². The molecule has 1 heterocycles. The molecule has 0 atom stereocenters. The standard InChI is InChI=1S/C14H15NO4/c1-4-19-14(17)12(16)9-5-6-11-10(13(9)18-3)7-8(2)15-11/h5-7,15H,4H2,1-3H3. The van der Waals surface area contributed by atoms with Crippen LogP contribution < -0.4 is 4.74 Å². The summed E-state index contributed by atoms with van der Waals surface area (Å²) in [6.07, 6.45) is 0. The normalized spacial score (nSPS) is 10.5. The third kappa shape index (κ3) is 2.31. The van der Waals surface area contributed by atoms with Crippen molar-refractivity contribution < 1.29 is 19.1 Å². The Hall–Kier alpha value is -2.30. The molecule has 0 aliphatic rings. The predicted molar refractivity (Wildman–Crippen MR) is 70.6 cm³/mol. The first-order chi connectivity index (χ1) is 9.08. The Morgan fingerprint density at radius 2 is 2.05 bits per heavy atom. The fraction of sp³-hybridized carbons (Fsp3) is 0.286. The molecule has 0 saturated carbocycles. The average molecular weight is 261 g/mol. The molecule has 0 fully saturated rings. The van der Waals surface area contributed by atoms with Crippen LogP contribution in [-0.2, 0) is 9.53 Å². The molecule has 0 bridgehead atoms. The third-order valence-corrected chi connectivity index (χ3v) is 2.80. The van der Waals surface area contributed by atoms with Gasteiger partial charge < -0.3 is 14.5 Å². The number of hydrogen-bond donors (Lipinski definition) is 1. The Morgan fingerprint density at radius 1 is 1.32 bits per heavy atom. The van der Waals surface area contributed by atoms with Crippen molar-refractivity contribution in [1.29, 1.82) is 0 Å². The first-order valence-electron chi connectivity index (χ1n) is 5.96. The minimum absolute atomic E-state index is 0.165. The van der Waals surface area contributed by atoms with Crippen LogP contribution in [0.3, 0.4) is 0 Å². The predicted octanol–water partition coefficient (Wildman–Crippen LogP) is 2.23. The van der Waals surface area contributed by atoms with E-state index in [0.717, 1.165) is 16.6 Å². The van der Waals surface area contributed by atoms with Gasteiger partial charge >= 0.3 is 5.97 Å². The summed E-state index contributed by atoms with van der Waals surface area (Å²) >= 11 is 0. The molecular weight excluding hydrogens is 246 g/mol. The number of carbonyl (C=O) groups is 2. The monoisotopic (exact) mass is 261 g/mol. The number of aromatic amines is 1. The van der Waals surface area contributed by atoms with Crippen molar-refractivity contribution in [1.82, 2.24) is 4.98 Å². The van der Waals surface area contributed by atoms with Crippen molar-refractivity contribution in [3.63, 3.8) is 0 Å². The van der Waals surface area contributed by atoms with E-state index in [1.807, 2.05) is 13.0 Å². The van der Waals surface area contributed by atoms with Crippen molar-refractivity contribution in [3.05, 3.63) is 29.5 Å². The van der Waals surface area contributed by atoms with Gasteiger partial charge in [0.25, 0.3) is 5.78 Å². The van der Waals surface area contributed by atoms with E-state index in [9.17, 15) is 9.59 Å². The van der Waals surface area contributed by atoms with Crippen molar-refractivity contribution in [2.24, 2.45) is 0 Å². The Balaban J connectivity index is 2.54. The summed E-state index contributed by atoms with van der Waals surface area (Å²) in [7, 11) is 1.47. The fourth-order valence-corrected chi connectivity index (χ4v) is 2.02. The highest BCUT2D eigenvalue weighted by molar-refractivity contribution is 6.41. The molecule has 0 unspecified atom stereocenters. The molecule has 1 N–H and O–H groups in total. The maximum atomic E-state index is 12.0. The maximum Gasteiger partial charge on any atom is 0.379 e. The van der Waals surface area contributed by atoms with E-state index in [4.69, 9.17) is 9.47 Å². The van der Waals surface area contributed by atoms with E-state index in [0.29, 0.717) is 5.75 Å². The van der Waals surface area contributed by atoms with Gasteiger partial charge in [-0.25, -0.2) is 4.79 Å². The van der Waals surface area contributed by atoms with Crippen LogP contribution in [0.5, 0.6) is 5.75 Å². The van der Waals surface area contributed by atoms with Gasteiger partial charge in [-0.2, -0.15) is 0 Å². The van der Waals surface area contributed by atoms with E-state index in [-0.39, 0.29) is 12.2 Å². The molecule has 19 heavy (non-hydrogen) atoms. The number of esters is 1. The molecular formula is C14H15NO4. The fourth-order valence-electron chi connectivity index (χ4n) is 2.02. The summed E-state index contributed by atoms with van der Waals surface area (Å²) < 4.78 is 10.00. The Labute approximate surface area is 110 Å². The van der Waals surface area contributed by atoms with Gasteiger partial charge in [0.2, 0.25) is 0 Å². The molecule has 0 aliphatic heterocycles. The summed E-state index contributed by atoms with van der Waals surface area (Å²) in [5.74, 6) is -1.17. The Morgan fingerprint density at radius 3 is 2.68 bits per heavy atom. The highest BCUT2D eigenvalue weighted by atomic mass is 16.5. The molecule has 1 aromatic carbocycles. The lowest BCUT2D eigenvalue weighted by Gasteiger charge is -2.08. The minimum Gasteiger partial charge on any atom is -0.495 e. The SMILES string of the molecule is CCOC(=O)C(=O)c1ccc2[nH]c(C)cc2c1OC. The lowest BCUT2D eigenvalue weighted by Crippen LogP contribution is -2.18. The second-order valence-corrected chi connectivity index (χ2v) is 4.11. The summed E-state index contributed by atoms with van der Waals surface area (Å²) in [5.41, 5.74) is 2.02. The Kier molecular flexibility index (Phi) is 3.55. The molecule has 100 valence electrons. The number of ether oxygens (including phenoxy) is 2. The zero-order valence-corrected chi connectivity index (χ0v) is 11.1. The maximum absolute atomic E-state index is 12.0. The quantitative estimate of drug-likeness (QED) is 0.520. The van der Waals surface area contributed by atoms with Crippen LogP contribution in [0.15, 0.2) is 18.2 Å². The first-order valence-corrected chi connectivity index (χ1v) is 5.96. The van der Waals surface area contributed by atoms with Crippen molar-refractivity contribution >= 4 is 22.7 Å². The van der Waals surface area contributed by atoms with Gasteiger partial charge in [0.05, 0.1) is 19.3 Å². The second kappa shape index (κ2) is 5.14. The van der Waals surface area contributed by atoms with E-state index in [1.165, 1.54) is 7.11 Å². The van der Waals surface area contributed by atoms with Crippen molar-refractivity contribution in [2.75, 3.05) is 13.7 Å². The number of rotatable bonds is 4. The Bertz CT molecular complexity index is 642. The number of methoxy groups -OCH3 is 1. The highest BCUT2D eigenvalue weighted by Crippen LogP contribution is 2.30. The summed E-state index contributed by atoms with van der Waals surface area (Å²) in [6, 6.07) is 5.18. The summed E-state index contributed by atoms with van der Waals surface area (Å²) in [5, 5.41) is 0.773. The van der Waals surface area contributed by atoms with Crippen LogP contribution >= 0.6 is 0 Å². The summed E-state index contributed by atoms with van der Waals surface area (Å²) in [4.78, 5) is 26.7. The molecule has 0 amide bonds. The molecule has 5 nitrogen and oxygen atoms in total. The lowest BCUT2D eigenvalue weighted by atomic mass is 10.1. The average Bonchev–Trinajstić information content (AvgIpc) is 2.77. The number of carbonyl (C=O) groups excluding carboxylic acids is 2. The van der Waals surface area contributed by atoms with Crippen LogP contribution in [0.1, 0.15) is 23.0 Å². The molecule has 0 radical (unpaired) electrons. The number of Topliss-reactive ketones (excluding diaryl/α,β-unsaturated/α-hetero) is 1. The van der Waals surface area contributed by atoms with E-state index < -0.39 is 11.8 Å². The molecule has 2 rings (SSSR count).